The second-order valence-corrected chi connectivity index (χ2v) is 6.67. The minimum absolute atomic E-state index is 0.130. The third-order valence-electron chi connectivity index (χ3n) is 4.06. The Bertz CT molecular complexity index is 478. The number of carbonyl (C=O) groups excluding carboxylic acids is 1. The highest BCUT2D eigenvalue weighted by molar-refractivity contribution is 9.10. The molecule has 1 saturated carbocycles. The number of hydrogen-bond acceptors (Lipinski definition) is 1. The lowest BCUT2D eigenvalue weighted by atomic mass is 9.81. The fraction of sp³-hybridized carbons (Fsp3) is 0.562. The van der Waals surface area contributed by atoms with Gasteiger partial charge in [-0.3, -0.25) is 4.79 Å². The average Bonchev–Trinajstić information content (AvgIpc) is 2.42. The fourth-order valence-electron chi connectivity index (χ4n) is 2.95. The molecule has 1 fully saturated rings. The van der Waals surface area contributed by atoms with Crippen molar-refractivity contribution in [3.8, 4) is 0 Å². The Morgan fingerprint density at radius 1 is 1.45 bits per heavy atom. The van der Waals surface area contributed by atoms with Crippen LogP contribution >= 0.6 is 15.9 Å². The zero-order valence-corrected chi connectivity index (χ0v) is 13.4. The molecule has 1 aliphatic rings. The van der Waals surface area contributed by atoms with Gasteiger partial charge in [-0.2, -0.15) is 0 Å². The number of amides is 1. The van der Waals surface area contributed by atoms with Gasteiger partial charge in [0.15, 0.2) is 0 Å². The van der Waals surface area contributed by atoms with E-state index in [0.717, 1.165) is 18.3 Å². The number of benzene rings is 1. The lowest BCUT2D eigenvalue weighted by Gasteiger charge is -2.26. The van der Waals surface area contributed by atoms with Gasteiger partial charge in [0.2, 0.25) is 0 Å². The smallest absolute Gasteiger partial charge is 0.251 e. The molecule has 0 radical (unpaired) electrons. The molecule has 4 heteroatoms. The quantitative estimate of drug-likeness (QED) is 0.856. The highest BCUT2D eigenvalue weighted by Crippen LogP contribution is 2.30. The predicted octanol–water partition coefficient (Wildman–Crippen LogP) is 4.53. The van der Waals surface area contributed by atoms with Crippen LogP contribution in [-0.2, 0) is 0 Å². The predicted molar refractivity (Wildman–Crippen MR) is 82.2 cm³/mol. The van der Waals surface area contributed by atoms with E-state index in [-0.39, 0.29) is 11.7 Å². The third kappa shape index (κ3) is 4.30. The first kappa shape index (κ1) is 15.5. The molecule has 1 aliphatic carbocycles. The molecule has 20 heavy (non-hydrogen) atoms. The number of carbonyl (C=O) groups is 1. The fourth-order valence-corrected chi connectivity index (χ4v) is 3.33. The summed E-state index contributed by atoms with van der Waals surface area (Å²) in [5.74, 6) is 1.07. The summed E-state index contributed by atoms with van der Waals surface area (Å²) in [6.45, 7) is 3.01. The van der Waals surface area contributed by atoms with E-state index in [1.807, 2.05) is 0 Å². The van der Waals surface area contributed by atoms with E-state index in [9.17, 15) is 9.18 Å². The van der Waals surface area contributed by atoms with Crippen LogP contribution in [0.15, 0.2) is 22.7 Å². The molecule has 1 aromatic rings. The largest absolute Gasteiger partial charge is 0.352 e. The summed E-state index contributed by atoms with van der Waals surface area (Å²) in [7, 11) is 0. The van der Waals surface area contributed by atoms with Crippen molar-refractivity contribution in [1.29, 1.82) is 0 Å². The van der Waals surface area contributed by atoms with Crippen LogP contribution in [0.2, 0.25) is 0 Å². The van der Waals surface area contributed by atoms with Crippen molar-refractivity contribution >= 4 is 21.8 Å². The molecule has 0 aliphatic heterocycles. The van der Waals surface area contributed by atoms with Gasteiger partial charge in [0, 0.05) is 12.1 Å². The van der Waals surface area contributed by atoms with E-state index in [1.165, 1.54) is 43.9 Å². The first-order valence-corrected chi connectivity index (χ1v) is 8.09. The van der Waals surface area contributed by atoms with Gasteiger partial charge in [-0.15, -0.1) is 0 Å². The Labute approximate surface area is 128 Å². The first-order chi connectivity index (χ1) is 9.56. The highest BCUT2D eigenvalue weighted by Gasteiger charge is 2.18. The van der Waals surface area contributed by atoms with Crippen LogP contribution in [0.25, 0.3) is 0 Å². The number of nitrogens with one attached hydrogen (secondary N) is 1. The zero-order valence-electron chi connectivity index (χ0n) is 11.8. The maximum atomic E-state index is 13.1. The lowest BCUT2D eigenvalue weighted by Crippen LogP contribution is -2.27. The zero-order chi connectivity index (χ0) is 14.5. The SMILES string of the molecule is CC1CCCC(CCNC(=O)c2ccc(F)c(Br)c2)C1. The molecule has 1 amide bonds. The van der Waals surface area contributed by atoms with E-state index in [2.05, 4.69) is 28.2 Å². The van der Waals surface area contributed by atoms with Gasteiger partial charge in [-0.25, -0.2) is 4.39 Å². The normalized spacial score (nSPS) is 22.6. The second kappa shape index (κ2) is 7.21. The average molecular weight is 342 g/mol. The summed E-state index contributed by atoms with van der Waals surface area (Å²) in [6, 6.07) is 4.34. The maximum absolute atomic E-state index is 13.1. The molecule has 0 bridgehead atoms. The van der Waals surface area contributed by atoms with Crippen LogP contribution in [0.4, 0.5) is 4.39 Å². The van der Waals surface area contributed by atoms with Crippen LogP contribution in [0.5, 0.6) is 0 Å². The molecule has 2 nitrogen and oxygen atoms in total. The minimum atomic E-state index is -0.349. The second-order valence-electron chi connectivity index (χ2n) is 5.81. The van der Waals surface area contributed by atoms with Gasteiger partial charge < -0.3 is 5.32 Å². The molecule has 0 aromatic heterocycles. The molecule has 2 atom stereocenters. The van der Waals surface area contributed by atoms with Crippen LogP contribution in [0, 0.1) is 17.7 Å². The van der Waals surface area contributed by atoms with Gasteiger partial charge in [0.25, 0.3) is 5.91 Å². The van der Waals surface area contributed by atoms with Crippen molar-refractivity contribution in [3.05, 3.63) is 34.1 Å². The summed E-state index contributed by atoms with van der Waals surface area (Å²) < 4.78 is 13.4. The molecule has 1 N–H and O–H groups in total. The van der Waals surface area contributed by atoms with Gasteiger partial charge >= 0.3 is 0 Å². The maximum Gasteiger partial charge on any atom is 0.251 e. The van der Waals surface area contributed by atoms with E-state index in [4.69, 9.17) is 0 Å². The van der Waals surface area contributed by atoms with E-state index >= 15 is 0 Å². The monoisotopic (exact) mass is 341 g/mol. The summed E-state index contributed by atoms with van der Waals surface area (Å²) in [6.07, 6.45) is 6.25. The van der Waals surface area contributed by atoms with Crippen molar-refractivity contribution < 1.29 is 9.18 Å². The lowest BCUT2D eigenvalue weighted by molar-refractivity contribution is 0.0949. The highest BCUT2D eigenvalue weighted by atomic mass is 79.9. The number of rotatable bonds is 4. The summed E-state index contributed by atoms with van der Waals surface area (Å²) in [5, 5.41) is 2.93. The molecule has 0 heterocycles. The Kier molecular flexibility index (Phi) is 5.58. The summed E-state index contributed by atoms with van der Waals surface area (Å²) in [4.78, 5) is 12.0. The molecule has 0 spiro atoms. The topological polar surface area (TPSA) is 29.1 Å². The standard InChI is InChI=1S/C16H21BrFNO/c1-11-3-2-4-12(9-11)7-8-19-16(20)13-5-6-15(18)14(17)10-13/h5-6,10-12H,2-4,7-9H2,1H3,(H,19,20). The molecule has 1 aromatic carbocycles. The molecule has 110 valence electrons. The first-order valence-electron chi connectivity index (χ1n) is 7.29. The Balaban J connectivity index is 1.78. The Morgan fingerprint density at radius 2 is 2.25 bits per heavy atom. The number of hydrogen-bond donors (Lipinski definition) is 1. The molecule has 2 rings (SSSR count). The van der Waals surface area contributed by atoms with Crippen molar-refractivity contribution in [2.45, 2.75) is 39.0 Å². The molecular weight excluding hydrogens is 321 g/mol. The summed E-state index contributed by atoms with van der Waals surface area (Å²) in [5.41, 5.74) is 0.496. The van der Waals surface area contributed by atoms with Crippen molar-refractivity contribution in [3.63, 3.8) is 0 Å². The molecular formula is C16H21BrFNO. The molecule has 2 unspecified atom stereocenters. The summed E-state index contributed by atoms with van der Waals surface area (Å²) >= 11 is 3.10. The number of halogens is 2. The minimum Gasteiger partial charge on any atom is -0.352 e. The van der Waals surface area contributed by atoms with E-state index in [0.29, 0.717) is 16.6 Å². The molecule has 0 saturated heterocycles. The van der Waals surface area contributed by atoms with Gasteiger partial charge in [0.1, 0.15) is 5.82 Å². The van der Waals surface area contributed by atoms with Crippen LogP contribution < -0.4 is 5.32 Å². The third-order valence-corrected chi connectivity index (χ3v) is 4.67. The van der Waals surface area contributed by atoms with Gasteiger partial charge in [0.05, 0.1) is 4.47 Å². The van der Waals surface area contributed by atoms with Crippen molar-refractivity contribution in [2.75, 3.05) is 6.54 Å². The Morgan fingerprint density at radius 3 is 2.95 bits per heavy atom. The van der Waals surface area contributed by atoms with Crippen LogP contribution in [0.3, 0.4) is 0 Å². The van der Waals surface area contributed by atoms with Gasteiger partial charge in [-0.05, 0) is 58.8 Å². The van der Waals surface area contributed by atoms with Crippen LogP contribution in [0.1, 0.15) is 49.4 Å². The van der Waals surface area contributed by atoms with Crippen LogP contribution in [-0.4, -0.2) is 12.5 Å². The van der Waals surface area contributed by atoms with Gasteiger partial charge in [-0.1, -0.05) is 26.2 Å². The van der Waals surface area contributed by atoms with Crippen molar-refractivity contribution in [1.82, 2.24) is 5.32 Å². The Hall–Kier alpha value is -0.900. The van der Waals surface area contributed by atoms with E-state index in [1.54, 1.807) is 0 Å². The van der Waals surface area contributed by atoms with E-state index < -0.39 is 0 Å². The van der Waals surface area contributed by atoms with Crippen molar-refractivity contribution in [2.24, 2.45) is 11.8 Å².